The van der Waals surface area contributed by atoms with E-state index in [1.165, 1.54) is 38.3 Å². The van der Waals surface area contributed by atoms with Gasteiger partial charge in [-0.1, -0.05) is 54.6 Å². The number of hydrogen-bond acceptors (Lipinski definition) is 2. The summed E-state index contributed by atoms with van der Waals surface area (Å²) in [7, 11) is 0. The highest BCUT2D eigenvalue weighted by molar-refractivity contribution is 6.14. The molecule has 4 aromatic rings. The first kappa shape index (κ1) is 19.3. The zero-order chi connectivity index (χ0) is 21.2. The Morgan fingerprint density at radius 1 is 0.935 bits per heavy atom. The number of nitrogens with two attached hydrogens (primary N) is 1. The number of fused-ring (bicyclic) bond motifs is 3. The van der Waals surface area contributed by atoms with Crippen LogP contribution in [0.25, 0.3) is 33.2 Å². The van der Waals surface area contributed by atoms with Gasteiger partial charge in [0.05, 0.1) is 11.4 Å². The largest absolute Gasteiger partial charge is 0.361 e. The van der Waals surface area contributed by atoms with Crippen LogP contribution >= 0.6 is 0 Å². The number of H-pyrrole nitrogens is 1. The van der Waals surface area contributed by atoms with Crippen LogP contribution in [0.4, 0.5) is 0 Å². The van der Waals surface area contributed by atoms with Gasteiger partial charge in [-0.05, 0) is 82.9 Å². The van der Waals surface area contributed by atoms with Crippen LogP contribution in [0.15, 0.2) is 101 Å². The molecule has 152 valence electrons. The fourth-order valence-electron chi connectivity index (χ4n) is 4.37. The zero-order valence-corrected chi connectivity index (χ0v) is 17.6. The smallest absolute Gasteiger partial charge is 0.0720 e. The predicted octanol–water partition coefficient (Wildman–Crippen LogP) is 6.50. The molecule has 3 aromatic carbocycles. The van der Waals surface area contributed by atoms with Crippen molar-refractivity contribution < 1.29 is 0 Å². The van der Waals surface area contributed by atoms with E-state index in [1.54, 1.807) is 0 Å². The molecule has 2 heterocycles. The Balaban J connectivity index is 1.57. The second-order valence-corrected chi connectivity index (χ2v) is 7.88. The Labute approximate surface area is 182 Å². The summed E-state index contributed by atoms with van der Waals surface area (Å²) < 4.78 is 0. The van der Waals surface area contributed by atoms with Gasteiger partial charge in [-0.15, -0.1) is 0 Å². The Morgan fingerprint density at radius 3 is 2.48 bits per heavy atom. The maximum Gasteiger partial charge on any atom is 0.0720 e. The molecule has 0 radical (unpaired) electrons. The Kier molecular flexibility index (Phi) is 5.11. The number of benzene rings is 3. The van der Waals surface area contributed by atoms with Gasteiger partial charge in [-0.2, -0.15) is 0 Å². The summed E-state index contributed by atoms with van der Waals surface area (Å²) in [6, 6.07) is 23.5. The lowest BCUT2D eigenvalue weighted by Crippen LogP contribution is -2.02. The van der Waals surface area contributed by atoms with Crippen LogP contribution in [0.1, 0.15) is 24.6 Å². The van der Waals surface area contributed by atoms with Crippen LogP contribution in [0.3, 0.4) is 0 Å². The summed E-state index contributed by atoms with van der Waals surface area (Å²) in [4.78, 5) is 8.24. The molecule has 3 nitrogen and oxygen atoms in total. The molecule has 0 aliphatic carbocycles. The van der Waals surface area contributed by atoms with Crippen molar-refractivity contribution in [3.8, 4) is 0 Å². The standard InChI is InChI=1S/C28H25N3/c1-19-17-22(31-28(19)26(14-15-29)27-11-6-16-30-27)13-12-21-18-20-7-2-3-8-23(20)25-10-5-4-9-24(21)25/h2-13,16-18,30H,14-15,29H2,1H3/b13-12+,28-26-. The van der Waals surface area contributed by atoms with Gasteiger partial charge in [0, 0.05) is 17.5 Å². The molecule has 0 saturated heterocycles. The normalized spacial score (nSPS) is 15.7. The molecular weight excluding hydrogens is 378 g/mol. The lowest BCUT2D eigenvalue weighted by atomic mass is 9.97. The van der Waals surface area contributed by atoms with E-state index in [2.05, 4.69) is 90.8 Å². The van der Waals surface area contributed by atoms with Gasteiger partial charge >= 0.3 is 0 Å². The second kappa shape index (κ2) is 8.21. The van der Waals surface area contributed by atoms with Crippen LogP contribution in [0.5, 0.6) is 0 Å². The van der Waals surface area contributed by atoms with Crippen molar-refractivity contribution in [2.75, 3.05) is 6.54 Å². The van der Waals surface area contributed by atoms with Crippen molar-refractivity contribution in [3.63, 3.8) is 0 Å². The van der Waals surface area contributed by atoms with Gasteiger partial charge in [0.15, 0.2) is 0 Å². The molecule has 0 bridgehead atoms. The number of nitrogens with one attached hydrogen (secondary N) is 1. The molecule has 31 heavy (non-hydrogen) atoms. The van der Waals surface area contributed by atoms with Crippen LogP contribution in [-0.2, 0) is 0 Å². The van der Waals surface area contributed by atoms with E-state index in [0.717, 1.165) is 23.5 Å². The number of aliphatic imine (C=N–C) groups is 1. The predicted molar refractivity (Wildman–Crippen MR) is 133 cm³/mol. The average molecular weight is 404 g/mol. The van der Waals surface area contributed by atoms with E-state index in [1.807, 2.05) is 12.3 Å². The molecule has 3 N–H and O–H groups in total. The Hall–Kier alpha value is -3.69. The summed E-state index contributed by atoms with van der Waals surface area (Å²) >= 11 is 0. The van der Waals surface area contributed by atoms with Gasteiger partial charge in [0.2, 0.25) is 0 Å². The summed E-state index contributed by atoms with van der Waals surface area (Å²) in [5.41, 5.74) is 12.5. The average Bonchev–Trinajstić information content (AvgIpc) is 3.46. The number of nitrogens with zero attached hydrogens (tertiary/aromatic N) is 1. The lowest BCUT2D eigenvalue weighted by molar-refractivity contribution is 1.00. The van der Waals surface area contributed by atoms with E-state index in [4.69, 9.17) is 10.7 Å². The van der Waals surface area contributed by atoms with E-state index >= 15 is 0 Å². The highest BCUT2D eigenvalue weighted by atomic mass is 14.8. The van der Waals surface area contributed by atoms with Crippen LogP contribution < -0.4 is 5.73 Å². The molecule has 1 aliphatic rings. The number of rotatable bonds is 5. The fraction of sp³-hybridized carbons (Fsp3) is 0.107. The van der Waals surface area contributed by atoms with Crippen molar-refractivity contribution in [2.24, 2.45) is 10.7 Å². The van der Waals surface area contributed by atoms with Crippen LogP contribution in [0, 0.1) is 0 Å². The lowest BCUT2D eigenvalue weighted by Gasteiger charge is -2.08. The van der Waals surface area contributed by atoms with Gasteiger partial charge in [-0.3, -0.25) is 0 Å². The number of allylic oxidation sites excluding steroid dienone is 3. The molecule has 0 saturated carbocycles. The molecule has 0 amide bonds. The Morgan fingerprint density at radius 2 is 1.71 bits per heavy atom. The highest BCUT2D eigenvalue weighted by Gasteiger charge is 2.16. The van der Waals surface area contributed by atoms with Crippen molar-refractivity contribution in [2.45, 2.75) is 13.3 Å². The SMILES string of the molecule is CC1=CC(/C=C/c2cc3ccccc3c3ccccc23)=NC/1=C(/CCN)c1ccc[nH]1. The van der Waals surface area contributed by atoms with Crippen molar-refractivity contribution >= 4 is 38.9 Å². The molecule has 0 unspecified atom stereocenters. The third kappa shape index (κ3) is 3.65. The number of aromatic amines is 1. The minimum Gasteiger partial charge on any atom is -0.361 e. The minimum absolute atomic E-state index is 0.592. The summed E-state index contributed by atoms with van der Waals surface area (Å²) in [5.74, 6) is 0. The third-order valence-electron chi connectivity index (χ3n) is 5.82. The highest BCUT2D eigenvalue weighted by Crippen LogP contribution is 2.32. The first-order valence-electron chi connectivity index (χ1n) is 10.7. The quantitative estimate of drug-likeness (QED) is 0.367. The maximum absolute atomic E-state index is 5.89. The van der Waals surface area contributed by atoms with E-state index < -0.39 is 0 Å². The van der Waals surface area contributed by atoms with E-state index in [0.29, 0.717) is 6.54 Å². The summed E-state index contributed by atoms with van der Waals surface area (Å²) in [6.07, 6.45) is 9.17. The maximum atomic E-state index is 5.89. The van der Waals surface area contributed by atoms with Crippen LogP contribution in [0.2, 0.25) is 0 Å². The topological polar surface area (TPSA) is 54.2 Å². The van der Waals surface area contributed by atoms with Crippen molar-refractivity contribution in [3.05, 3.63) is 108 Å². The molecule has 1 aliphatic heterocycles. The first-order chi connectivity index (χ1) is 15.2. The molecule has 5 rings (SSSR count). The molecule has 0 spiro atoms. The summed E-state index contributed by atoms with van der Waals surface area (Å²) in [6.45, 7) is 2.71. The third-order valence-corrected chi connectivity index (χ3v) is 5.82. The Bertz CT molecular complexity index is 1380. The van der Waals surface area contributed by atoms with E-state index in [-0.39, 0.29) is 0 Å². The summed E-state index contributed by atoms with van der Waals surface area (Å²) in [5, 5.41) is 5.06. The van der Waals surface area contributed by atoms with Gasteiger partial charge < -0.3 is 10.7 Å². The first-order valence-corrected chi connectivity index (χ1v) is 10.7. The fourth-order valence-corrected chi connectivity index (χ4v) is 4.37. The molecule has 0 atom stereocenters. The number of aromatic nitrogens is 1. The monoisotopic (exact) mass is 403 g/mol. The second-order valence-electron chi connectivity index (χ2n) is 7.88. The molecule has 1 aromatic heterocycles. The van der Waals surface area contributed by atoms with Gasteiger partial charge in [-0.25, -0.2) is 4.99 Å². The molecule has 0 fully saturated rings. The van der Waals surface area contributed by atoms with Crippen LogP contribution in [-0.4, -0.2) is 17.2 Å². The van der Waals surface area contributed by atoms with Crippen molar-refractivity contribution in [1.82, 2.24) is 4.98 Å². The van der Waals surface area contributed by atoms with Gasteiger partial charge in [0.1, 0.15) is 0 Å². The number of hydrogen-bond donors (Lipinski definition) is 2. The molecule has 3 heteroatoms. The van der Waals surface area contributed by atoms with Crippen molar-refractivity contribution in [1.29, 1.82) is 0 Å². The van der Waals surface area contributed by atoms with E-state index in [9.17, 15) is 0 Å². The molecular formula is C28H25N3. The van der Waals surface area contributed by atoms with Gasteiger partial charge in [0.25, 0.3) is 0 Å². The zero-order valence-electron chi connectivity index (χ0n) is 17.6. The minimum atomic E-state index is 0.592.